The number of hydrogen-bond acceptors (Lipinski definition) is 5. The van der Waals surface area contributed by atoms with Crippen LogP contribution in [-0.2, 0) is 4.74 Å². The molecule has 0 fully saturated rings. The summed E-state index contributed by atoms with van der Waals surface area (Å²) in [7, 11) is 4.46. The van der Waals surface area contributed by atoms with E-state index < -0.39 is 11.4 Å². The topological polar surface area (TPSA) is 65.0 Å². The Hall–Kier alpha value is -1.59. The van der Waals surface area contributed by atoms with Crippen molar-refractivity contribution >= 4 is 5.78 Å². The number of ketones is 1. The SMILES string of the molecule is CCC(O)(COC)C(=O)c1ccc(OC)c(OC)c1. The van der Waals surface area contributed by atoms with Gasteiger partial charge in [0.15, 0.2) is 22.9 Å². The molecule has 1 N–H and O–H groups in total. The van der Waals surface area contributed by atoms with Gasteiger partial charge in [-0.1, -0.05) is 6.92 Å². The van der Waals surface area contributed by atoms with Crippen LogP contribution in [0.1, 0.15) is 23.7 Å². The predicted molar refractivity (Wildman–Crippen MR) is 71.0 cm³/mol. The summed E-state index contributed by atoms with van der Waals surface area (Å²) in [6, 6.07) is 4.78. The Morgan fingerprint density at radius 2 is 1.84 bits per heavy atom. The lowest BCUT2D eigenvalue weighted by atomic mass is 9.91. The van der Waals surface area contributed by atoms with Gasteiger partial charge in [0.1, 0.15) is 0 Å². The quantitative estimate of drug-likeness (QED) is 0.762. The smallest absolute Gasteiger partial charge is 0.196 e. The zero-order valence-corrected chi connectivity index (χ0v) is 11.7. The molecular weight excluding hydrogens is 248 g/mol. The fourth-order valence-corrected chi connectivity index (χ4v) is 1.81. The number of aliphatic hydroxyl groups is 1. The van der Waals surface area contributed by atoms with Gasteiger partial charge in [-0.25, -0.2) is 0 Å². The number of hydrogen-bond donors (Lipinski definition) is 1. The zero-order chi connectivity index (χ0) is 14.5. The molecule has 0 spiro atoms. The monoisotopic (exact) mass is 268 g/mol. The summed E-state index contributed by atoms with van der Waals surface area (Å²) in [5, 5.41) is 10.3. The molecule has 1 aromatic carbocycles. The van der Waals surface area contributed by atoms with Crippen LogP contribution in [0.3, 0.4) is 0 Å². The molecule has 1 rings (SSSR count). The van der Waals surface area contributed by atoms with Gasteiger partial charge in [-0.05, 0) is 24.6 Å². The van der Waals surface area contributed by atoms with Crippen molar-refractivity contribution < 1.29 is 24.1 Å². The molecule has 0 heterocycles. The van der Waals surface area contributed by atoms with E-state index in [0.29, 0.717) is 17.1 Å². The third-order valence-corrected chi connectivity index (χ3v) is 3.04. The van der Waals surface area contributed by atoms with Crippen molar-refractivity contribution in [2.24, 2.45) is 0 Å². The second-order valence-corrected chi connectivity index (χ2v) is 4.22. The summed E-state index contributed by atoms with van der Waals surface area (Å²) < 4.78 is 15.2. The van der Waals surface area contributed by atoms with Gasteiger partial charge in [0.2, 0.25) is 0 Å². The summed E-state index contributed by atoms with van der Waals surface area (Å²) in [6.07, 6.45) is 0.272. The first-order valence-corrected chi connectivity index (χ1v) is 6.00. The minimum absolute atomic E-state index is 0.0450. The Balaban J connectivity index is 3.12. The number of ether oxygens (including phenoxy) is 3. The maximum Gasteiger partial charge on any atom is 0.196 e. The van der Waals surface area contributed by atoms with Crippen molar-refractivity contribution in [1.82, 2.24) is 0 Å². The Labute approximate surface area is 113 Å². The summed E-state index contributed by atoms with van der Waals surface area (Å²) in [4.78, 5) is 12.3. The maximum absolute atomic E-state index is 12.3. The van der Waals surface area contributed by atoms with E-state index in [9.17, 15) is 9.90 Å². The van der Waals surface area contributed by atoms with E-state index in [4.69, 9.17) is 14.2 Å². The molecule has 5 nitrogen and oxygen atoms in total. The Morgan fingerprint density at radius 1 is 1.21 bits per heavy atom. The van der Waals surface area contributed by atoms with Crippen LogP contribution in [0.5, 0.6) is 11.5 Å². The molecule has 0 saturated heterocycles. The van der Waals surface area contributed by atoms with Gasteiger partial charge in [0.25, 0.3) is 0 Å². The van der Waals surface area contributed by atoms with Crippen molar-refractivity contribution in [2.45, 2.75) is 18.9 Å². The van der Waals surface area contributed by atoms with Crippen molar-refractivity contribution in [2.75, 3.05) is 27.9 Å². The molecule has 1 atom stereocenters. The van der Waals surface area contributed by atoms with Crippen LogP contribution in [0.25, 0.3) is 0 Å². The molecule has 0 radical (unpaired) electrons. The zero-order valence-electron chi connectivity index (χ0n) is 11.7. The highest BCUT2D eigenvalue weighted by molar-refractivity contribution is 6.02. The molecular formula is C14H20O5. The molecule has 106 valence electrons. The molecule has 0 amide bonds. The average Bonchev–Trinajstić information content (AvgIpc) is 2.45. The van der Waals surface area contributed by atoms with Gasteiger partial charge >= 0.3 is 0 Å². The molecule has 0 saturated carbocycles. The lowest BCUT2D eigenvalue weighted by Crippen LogP contribution is -2.42. The molecule has 0 aliphatic heterocycles. The first kappa shape index (κ1) is 15.5. The first-order valence-electron chi connectivity index (χ1n) is 6.00. The van der Waals surface area contributed by atoms with E-state index in [1.54, 1.807) is 25.1 Å². The first-order chi connectivity index (χ1) is 9.02. The van der Waals surface area contributed by atoms with E-state index >= 15 is 0 Å². The van der Waals surface area contributed by atoms with E-state index in [1.165, 1.54) is 21.3 Å². The van der Waals surface area contributed by atoms with Crippen LogP contribution in [0.2, 0.25) is 0 Å². The van der Waals surface area contributed by atoms with Gasteiger partial charge < -0.3 is 19.3 Å². The van der Waals surface area contributed by atoms with E-state index in [2.05, 4.69) is 0 Å². The lowest BCUT2D eigenvalue weighted by Gasteiger charge is -2.24. The molecule has 0 aromatic heterocycles. The maximum atomic E-state index is 12.3. The van der Waals surface area contributed by atoms with Gasteiger partial charge in [-0.15, -0.1) is 0 Å². The summed E-state index contributed by atoms with van der Waals surface area (Å²) >= 11 is 0. The van der Waals surface area contributed by atoms with Crippen LogP contribution in [0.15, 0.2) is 18.2 Å². The summed E-state index contributed by atoms with van der Waals surface area (Å²) in [6.45, 7) is 1.69. The van der Waals surface area contributed by atoms with Crippen molar-refractivity contribution in [3.05, 3.63) is 23.8 Å². The van der Waals surface area contributed by atoms with Gasteiger partial charge in [0, 0.05) is 12.7 Å². The van der Waals surface area contributed by atoms with Crippen LogP contribution >= 0.6 is 0 Å². The van der Waals surface area contributed by atoms with Crippen molar-refractivity contribution in [1.29, 1.82) is 0 Å². The standard InChI is InChI=1S/C14H20O5/c1-5-14(16,9-17-2)13(15)10-6-7-11(18-3)12(8-10)19-4/h6-8,16H,5,9H2,1-4H3. The molecule has 0 aliphatic carbocycles. The second-order valence-electron chi connectivity index (χ2n) is 4.22. The van der Waals surface area contributed by atoms with E-state index in [0.717, 1.165) is 0 Å². The Morgan fingerprint density at radius 3 is 2.32 bits per heavy atom. The normalized spacial score (nSPS) is 13.7. The van der Waals surface area contributed by atoms with Gasteiger partial charge in [0.05, 0.1) is 20.8 Å². The Bertz CT molecular complexity index is 443. The van der Waals surface area contributed by atoms with Crippen molar-refractivity contribution in [3.8, 4) is 11.5 Å². The van der Waals surface area contributed by atoms with Crippen LogP contribution in [0, 0.1) is 0 Å². The van der Waals surface area contributed by atoms with E-state index in [-0.39, 0.29) is 13.0 Å². The van der Waals surface area contributed by atoms with Crippen LogP contribution < -0.4 is 9.47 Å². The summed E-state index contributed by atoms with van der Waals surface area (Å²) in [5.41, 5.74) is -1.16. The fourth-order valence-electron chi connectivity index (χ4n) is 1.81. The predicted octanol–water partition coefficient (Wildman–Crippen LogP) is 1.67. The van der Waals surface area contributed by atoms with Gasteiger partial charge in [-0.3, -0.25) is 4.79 Å². The van der Waals surface area contributed by atoms with Crippen LogP contribution in [-0.4, -0.2) is 44.4 Å². The number of benzene rings is 1. The largest absolute Gasteiger partial charge is 0.493 e. The number of rotatable bonds is 7. The molecule has 0 bridgehead atoms. The van der Waals surface area contributed by atoms with E-state index in [1.807, 2.05) is 0 Å². The van der Waals surface area contributed by atoms with Crippen molar-refractivity contribution in [3.63, 3.8) is 0 Å². The number of Topliss-reactive ketones (excluding diaryl/α,β-unsaturated/α-hetero) is 1. The molecule has 1 unspecified atom stereocenters. The average molecular weight is 268 g/mol. The molecule has 0 aliphatic rings. The fraction of sp³-hybridized carbons (Fsp3) is 0.500. The van der Waals surface area contributed by atoms with Gasteiger partial charge in [-0.2, -0.15) is 0 Å². The second kappa shape index (κ2) is 6.54. The third kappa shape index (κ3) is 3.24. The number of methoxy groups -OCH3 is 3. The number of carbonyl (C=O) groups is 1. The third-order valence-electron chi connectivity index (χ3n) is 3.04. The Kier molecular flexibility index (Phi) is 5.32. The lowest BCUT2D eigenvalue weighted by molar-refractivity contribution is -0.0165. The van der Waals surface area contributed by atoms with Crippen LogP contribution in [0.4, 0.5) is 0 Å². The molecule has 5 heteroatoms. The highest BCUT2D eigenvalue weighted by atomic mass is 16.5. The highest BCUT2D eigenvalue weighted by Crippen LogP contribution is 2.29. The minimum Gasteiger partial charge on any atom is -0.493 e. The molecule has 19 heavy (non-hydrogen) atoms. The minimum atomic E-state index is -1.52. The highest BCUT2D eigenvalue weighted by Gasteiger charge is 2.35. The molecule has 1 aromatic rings. The summed E-state index contributed by atoms with van der Waals surface area (Å²) in [5.74, 6) is 0.591. The number of carbonyl (C=O) groups excluding carboxylic acids is 1.